The summed E-state index contributed by atoms with van der Waals surface area (Å²) in [7, 11) is 0. The highest BCUT2D eigenvalue weighted by atomic mass is 14.8. The number of nitrogens with zero attached hydrogens (tertiary/aromatic N) is 5. The molecule has 51 heavy (non-hydrogen) atoms. The molecular formula is C44H41N7. The summed E-state index contributed by atoms with van der Waals surface area (Å²) in [6, 6.07) is 20.9. The van der Waals surface area contributed by atoms with Gasteiger partial charge in [-0.15, -0.1) is 0 Å². The second kappa shape index (κ2) is 14.9. The van der Waals surface area contributed by atoms with E-state index in [4.69, 9.17) is 9.97 Å². The van der Waals surface area contributed by atoms with Crippen LogP contribution in [0.5, 0.6) is 0 Å². The van der Waals surface area contributed by atoms with Gasteiger partial charge in [-0.3, -0.25) is 15.0 Å². The van der Waals surface area contributed by atoms with Gasteiger partial charge in [-0.05, 0) is 114 Å². The smallest absolute Gasteiger partial charge is 0.0737 e. The maximum absolute atomic E-state index is 5.36. The zero-order chi connectivity index (χ0) is 34.4. The van der Waals surface area contributed by atoms with Crippen LogP contribution in [-0.4, -0.2) is 34.9 Å². The van der Waals surface area contributed by atoms with E-state index in [9.17, 15) is 0 Å². The van der Waals surface area contributed by atoms with Gasteiger partial charge in [-0.1, -0.05) is 45.4 Å². The van der Waals surface area contributed by atoms with Crippen molar-refractivity contribution in [3.05, 3.63) is 126 Å². The molecule has 2 aliphatic rings. The molecule has 6 aromatic rings. The van der Waals surface area contributed by atoms with Crippen LogP contribution in [0.4, 0.5) is 0 Å². The fourth-order valence-corrected chi connectivity index (χ4v) is 7.25. The quantitative estimate of drug-likeness (QED) is 0.134. The molecule has 7 heteroatoms. The second-order valence-corrected chi connectivity index (χ2v) is 13.2. The summed E-state index contributed by atoms with van der Waals surface area (Å²) in [4.78, 5) is 31.3. The lowest BCUT2D eigenvalue weighted by Crippen LogP contribution is -1.96. The monoisotopic (exact) mass is 667 g/mol. The van der Waals surface area contributed by atoms with Crippen LogP contribution < -0.4 is 0 Å². The lowest BCUT2D eigenvalue weighted by molar-refractivity contribution is 0.589. The zero-order valence-electron chi connectivity index (χ0n) is 28.9. The third-order valence-electron chi connectivity index (χ3n) is 9.80. The third kappa shape index (κ3) is 6.80. The van der Waals surface area contributed by atoms with E-state index in [1.807, 2.05) is 49.3 Å². The molecule has 0 amide bonds. The first-order valence-electron chi connectivity index (χ1n) is 18.1. The Kier molecular flexibility index (Phi) is 9.42. The Balaban J connectivity index is 1.42. The summed E-state index contributed by atoms with van der Waals surface area (Å²) in [6.45, 7) is 2.27. The predicted octanol–water partition coefficient (Wildman–Crippen LogP) is 11.1. The second-order valence-electron chi connectivity index (χ2n) is 13.2. The van der Waals surface area contributed by atoms with Crippen molar-refractivity contribution in [1.29, 1.82) is 0 Å². The van der Waals surface area contributed by atoms with E-state index in [2.05, 4.69) is 105 Å². The van der Waals surface area contributed by atoms with Gasteiger partial charge < -0.3 is 9.97 Å². The Hall–Kier alpha value is -5.95. The van der Waals surface area contributed by atoms with Gasteiger partial charge in [-0.2, -0.15) is 0 Å². The topological polar surface area (TPSA) is 96.0 Å². The van der Waals surface area contributed by atoms with Crippen molar-refractivity contribution >= 4 is 46.4 Å². The molecule has 0 fully saturated rings. The van der Waals surface area contributed by atoms with Gasteiger partial charge in [0, 0.05) is 81.5 Å². The molecule has 8 bridgehead atoms. The first-order valence-corrected chi connectivity index (χ1v) is 18.1. The molecule has 0 saturated heterocycles. The van der Waals surface area contributed by atoms with Gasteiger partial charge in [-0.25, -0.2) is 9.97 Å². The van der Waals surface area contributed by atoms with Gasteiger partial charge in [0.1, 0.15) is 0 Å². The number of aromatic amines is 2. The molecule has 0 aromatic carbocycles. The van der Waals surface area contributed by atoms with Gasteiger partial charge >= 0.3 is 0 Å². The number of hydrogen-bond donors (Lipinski definition) is 2. The highest BCUT2D eigenvalue weighted by molar-refractivity contribution is 5.98. The molecule has 2 aliphatic heterocycles. The lowest BCUT2D eigenvalue weighted by atomic mass is 10.0. The SMILES string of the molecule is CCCCCCCCCc1c2nc(c(-c3ccncc3)c3ccc([nH]3)c(-c3ccncc3)c3ccc([nH]3)c(-c3ccncc3)c3nc1C=C3)C=C2. The zero-order valence-corrected chi connectivity index (χ0v) is 28.9. The van der Waals surface area contributed by atoms with E-state index in [0.29, 0.717) is 0 Å². The van der Waals surface area contributed by atoms with Crippen LogP contribution in [0.1, 0.15) is 80.2 Å². The minimum absolute atomic E-state index is 0.914. The van der Waals surface area contributed by atoms with Gasteiger partial charge in [0.2, 0.25) is 0 Å². The summed E-state index contributed by atoms with van der Waals surface area (Å²) in [6.07, 6.45) is 29.3. The normalized spacial score (nSPS) is 12.1. The van der Waals surface area contributed by atoms with Crippen molar-refractivity contribution in [3.8, 4) is 33.4 Å². The van der Waals surface area contributed by atoms with Crippen LogP contribution in [0, 0.1) is 0 Å². The van der Waals surface area contributed by atoms with Gasteiger partial charge in [0.15, 0.2) is 0 Å². The van der Waals surface area contributed by atoms with Crippen molar-refractivity contribution in [2.45, 2.75) is 58.3 Å². The summed E-state index contributed by atoms with van der Waals surface area (Å²) in [5.41, 5.74) is 15.2. The maximum Gasteiger partial charge on any atom is 0.0737 e. The summed E-state index contributed by atoms with van der Waals surface area (Å²) < 4.78 is 0. The number of H-pyrrole nitrogens is 2. The van der Waals surface area contributed by atoms with Crippen molar-refractivity contribution in [2.75, 3.05) is 0 Å². The molecule has 2 N–H and O–H groups in total. The van der Waals surface area contributed by atoms with E-state index in [0.717, 1.165) is 91.1 Å². The van der Waals surface area contributed by atoms with E-state index in [1.165, 1.54) is 44.1 Å². The fraction of sp³-hybridized carbons (Fsp3) is 0.205. The Labute approximate surface area is 298 Å². The van der Waals surface area contributed by atoms with Crippen molar-refractivity contribution in [2.24, 2.45) is 0 Å². The van der Waals surface area contributed by atoms with Crippen LogP contribution in [-0.2, 0) is 6.42 Å². The number of fused-ring (bicyclic) bond motifs is 8. The standard InChI is InChI=1S/C44H41N7/c1-2-3-4-5-6-7-8-9-33-34-10-12-36(48-34)42(30-18-24-45-25-19-30)38-14-16-40(50-38)44(32-22-28-47-29-23-32)41-17-15-39(51-41)43(31-20-26-46-27-21-31)37-13-11-35(33)49-37/h10-29,50-51H,2-9H2,1H3. The molecule has 0 saturated carbocycles. The largest absolute Gasteiger partial charge is 0.354 e. The average Bonchev–Trinajstić information content (AvgIpc) is 4.01. The lowest BCUT2D eigenvalue weighted by Gasteiger charge is -2.07. The molecule has 0 radical (unpaired) electrons. The fourth-order valence-electron chi connectivity index (χ4n) is 7.25. The summed E-state index contributed by atoms with van der Waals surface area (Å²) >= 11 is 0. The molecule has 8 heterocycles. The van der Waals surface area contributed by atoms with Crippen molar-refractivity contribution < 1.29 is 0 Å². The predicted molar refractivity (Wildman–Crippen MR) is 210 cm³/mol. The number of hydrogen-bond acceptors (Lipinski definition) is 5. The van der Waals surface area contributed by atoms with Crippen LogP contribution in [0.15, 0.2) is 97.8 Å². The highest BCUT2D eigenvalue weighted by Gasteiger charge is 2.18. The molecule has 0 spiro atoms. The van der Waals surface area contributed by atoms with Gasteiger partial charge in [0.05, 0.1) is 22.8 Å². The minimum atomic E-state index is 0.914. The Bertz CT molecular complexity index is 2230. The maximum atomic E-state index is 5.36. The summed E-state index contributed by atoms with van der Waals surface area (Å²) in [5, 5.41) is 0. The van der Waals surface area contributed by atoms with E-state index >= 15 is 0 Å². The Morgan fingerprint density at radius 1 is 0.412 bits per heavy atom. The molecule has 252 valence electrons. The van der Waals surface area contributed by atoms with E-state index in [1.54, 1.807) is 0 Å². The van der Waals surface area contributed by atoms with Crippen LogP contribution in [0.25, 0.3) is 79.8 Å². The Morgan fingerprint density at radius 2 is 0.784 bits per heavy atom. The number of pyridine rings is 3. The molecule has 8 rings (SSSR count). The molecule has 0 atom stereocenters. The van der Waals surface area contributed by atoms with Crippen LogP contribution in [0.3, 0.4) is 0 Å². The minimum Gasteiger partial charge on any atom is -0.354 e. The first kappa shape index (κ1) is 32.3. The first-order chi connectivity index (χ1) is 25.3. The van der Waals surface area contributed by atoms with E-state index < -0.39 is 0 Å². The highest BCUT2D eigenvalue weighted by Crippen LogP contribution is 2.36. The molecule has 6 aromatic heterocycles. The third-order valence-corrected chi connectivity index (χ3v) is 9.80. The van der Waals surface area contributed by atoms with Crippen molar-refractivity contribution in [3.63, 3.8) is 0 Å². The van der Waals surface area contributed by atoms with Crippen LogP contribution in [0.2, 0.25) is 0 Å². The number of unbranched alkanes of at least 4 members (excludes halogenated alkanes) is 6. The molecule has 7 nitrogen and oxygen atoms in total. The van der Waals surface area contributed by atoms with Crippen LogP contribution >= 0.6 is 0 Å². The van der Waals surface area contributed by atoms with Gasteiger partial charge in [0.25, 0.3) is 0 Å². The molecular weight excluding hydrogens is 627 g/mol. The molecule has 0 aliphatic carbocycles. The Morgan fingerprint density at radius 3 is 1.24 bits per heavy atom. The molecule has 0 unspecified atom stereocenters. The van der Waals surface area contributed by atoms with E-state index in [-0.39, 0.29) is 0 Å². The van der Waals surface area contributed by atoms with Crippen molar-refractivity contribution in [1.82, 2.24) is 34.9 Å². The summed E-state index contributed by atoms with van der Waals surface area (Å²) in [5.74, 6) is 0. The number of rotatable bonds is 11. The average molecular weight is 668 g/mol. The number of nitrogens with one attached hydrogen (secondary N) is 2. The number of aromatic nitrogens is 7.